The molecule has 0 spiro atoms. The minimum atomic E-state index is -4.50. The van der Waals surface area contributed by atoms with Crippen LogP contribution < -0.4 is 9.47 Å². The van der Waals surface area contributed by atoms with Crippen molar-refractivity contribution in [1.29, 1.82) is 0 Å². The molecule has 0 unspecified atom stereocenters. The predicted octanol–water partition coefficient (Wildman–Crippen LogP) is 4.15. The van der Waals surface area contributed by atoms with Crippen molar-refractivity contribution in [2.75, 3.05) is 19.2 Å². The highest BCUT2D eigenvalue weighted by atomic mass is 35.5. The van der Waals surface area contributed by atoms with Crippen molar-refractivity contribution in [3.05, 3.63) is 46.6 Å². The molecule has 1 aromatic heterocycles. The van der Waals surface area contributed by atoms with Gasteiger partial charge in [-0.1, -0.05) is 17.7 Å². The fourth-order valence-electron chi connectivity index (χ4n) is 2.25. The Labute approximate surface area is 162 Å². The normalized spacial score (nSPS) is 14.4. The third-order valence-electron chi connectivity index (χ3n) is 3.56. The highest BCUT2D eigenvalue weighted by molar-refractivity contribution is 7.99. The summed E-state index contributed by atoms with van der Waals surface area (Å²) >= 11 is 6.89. The quantitative estimate of drug-likeness (QED) is 0.678. The number of aliphatic hydroxyl groups is 1. The number of nitrogens with zero attached hydrogens (tertiary/aromatic N) is 1. The van der Waals surface area contributed by atoms with Crippen LogP contribution in [0.25, 0.3) is 0 Å². The molecule has 5 nitrogen and oxygen atoms in total. The molecule has 1 aliphatic heterocycles. The standard InChI is InChI=1S/C17H15ClF3NO4S/c18-13-4-11(17(19,20)21)5-22-16(13)27-8-12(23)7-24-6-10-1-2-14-15(3-10)26-9-25-14/h1-5,12,23H,6-9H2/t12-/m1/s1. The number of rotatable bonds is 7. The number of halogens is 4. The molecule has 3 rings (SSSR count). The summed E-state index contributed by atoms with van der Waals surface area (Å²) in [7, 11) is 0. The lowest BCUT2D eigenvalue weighted by Gasteiger charge is -2.12. The summed E-state index contributed by atoms with van der Waals surface area (Å²) in [6.07, 6.45) is -4.61. The van der Waals surface area contributed by atoms with E-state index in [1.54, 1.807) is 12.1 Å². The summed E-state index contributed by atoms with van der Waals surface area (Å²) in [5.41, 5.74) is -0.0454. The Morgan fingerprint density at radius 3 is 2.78 bits per heavy atom. The van der Waals surface area contributed by atoms with Crippen molar-refractivity contribution in [1.82, 2.24) is 4.98 Å². The summed E-state index contributed by atoms with van der Waals surface area (Å²) in [5, 5.41) is 10.1. The lowest BCUT2D eigenvalue weighted by molar-refractivity contribution is -0.137. The van der Waals surface area contributed by atoms with Gasteiger partial charge < -0.3 is 19.3 Å². The van der Waals surface area contributed by atoms with Gasteiger partial charge in [0.2, 0.25) is 6.79 Å². The van der Waals surface area contributed by atoms with Gasteiger partial charge in [-0.05, 0) is 23.8 Å². The number of aliphatic hydroxyl groups excluding tert-OH is 1. The van der Waals surface area contributed by atoms with Gasteiger partial charge in [-0.25, -0.2) is 4.98 Å². The maximum atomic E-state index is 12.6. The number of pyridine rings is 1. The van der Waals surface area contributed by atoms with Crippen LogP contribution >= 0.6 is 23.4 Å². The Balaban J connectivity index is 1.44. The Morgan fingerprint density at radius 1 is 1.26 bits per heavy atom. The number of ether oxygens (including phenoxy) is 3. The van der Waals surface area contributed by atoms with Crippen molar-refractivity contribution in [2.45, 2.75) is 23.9 Å². The van der Waals surface area contributed by atoms with Crippen molar-refractivity contribution in [3.8, 4) is 11.5 Å². The van der Waals surface area contributed by atoms with Crippen LogP contribution in [0.1, 0.15) is 11.1 Å². The average molecular weight is 422 g/mol. The van der Waals surface area contributed by atoms with E-state index in [2.05, 4.69) is 4.98 Å². The van der Waals surface area contributed by atoms with Gasteiger partial charge in [0.1, 0.15) is 5.03 Å². The maximum Gasteiger partial charge on any atom is 0.417 e. The van der Waals surface area contributed by atoms with Crippen LogP contribution in [0.4, 0.5) is 13.2 Å². The fourth-order valence-corrected chi connectivity index (χ4v) is 3.35. The van der Waals surface area contributed by atoms with Crippen molar-refractivity contribution in [3.63, 3.8) is 0 Å². The van der Waals surface area contributed by atoms with Gasteiger partial charge in [0.25, 0.3) is 0 Å². The minimum Gasteiger partial charge on any atom is -0.454 e. The first-order chi connectivity index (χ1) is 12.8. The molecular formula is C17H15ClF3NO4S. The smallest absolute Gasteiger partial charge is 0.417 e. The second kappa shape index (κ2) is 8.55. The van der Waals surface area contributed by atoms with Gasteiger partial charge in [-0.2, -0.15) is 13.2 Å². The number of alkyl halides is 3. The number of thioether (sulfide) groups is 1. The molecule has 0 saturated heterocycles. The third kappa shape index (κ3) is 5.41. The van der Waals surface area contributed by atoms with E-state index in [1.807, 2.05) is 6.07 Å². The first kappa shape index (κ1) is 20.1. The molecule has 2 heterocycles. The SMILES string of the molecule is O[C@H](COCc1ccc2c(c1)OCO2)CSc1ncc(C(F)(F)F)cc1Cl. The van der Waals surface area contributed by atoms with Gasteiger partial charge in [0.15, 0.2) is 11.5 Å². The number of benzene rings is 1. The number of hydrogen-bond donors (Lipinski definition) is 1. The van der Waals surface area contributed by atoms with Crippen LogP contribution in [-0.4, -0.2) is 35.3 Å². The Bertz CT molecular complexity index is 806. The molecule has 10 heteroatoms. The second-order valence-electron chi connectivity index (χ2n) is 5.68. The molecule has 0 radical (unpaired) electrons. The lowest BCUT2D eigenvalue weighted by atomic mass is 10.2. The van der Waals surface area contributed by atoms with E-state index in [0.29, 0.717) is 11.5 Å². The van der Waals surface area contributed by atoms with E-state index in [-0.39, 0.29) is 35.8 Å². The van der Waals surface area contributed by atoms with Crippen LogP contribution in [0.5, 0.6) is 11.5 Å². The van der Waals surface area contributed by atoms with Gasteiger partial charge in [-0.3, -0.25) is 0 Å². The summed E-state index contributed by atoms with van der Waals surface area (Å²) in [6.45, 7) is 0.521. The zero-order valence-electron chi connectivity index (χ0n) is 13.8. The molecule has 0 fully saturated rings. The number of hydrogen-bond acceptors (Lipinski definition) is 6. The topological polar surface area (TPSA) is 60.8 Å². The first-order valence-corrected chi connectivity index (χ1v) is 9.19. The Morgan fingerprint density at radius 2 is 2.04 bits per heavy atom. The van der Waals surface area contributed by atoms with Gasteiger partial charge >= 0.3 is 6.18 Å². The molecule has 2 aromatic rings. The minimum absolute atomic E-state index is 0.0553. The van der Waals surface area contributed by atoms with Crippen LogP contribution in [0.3, 0.4) is 0 Å². The lowest BCUT2D eigenvalue weighted by Crippen LogP contribution is -2.18. The Kier molecular flexibility index (Phi) is 6.36. The largest absolute Gasteiger partial charge is 0.454 e. The van der Waals surface area contributed by atoms with Crippen LogP contribution in [0.2, 0.25) is 5.02 Å². The van der Waals surface area contributed by atoms with E-state index < -0.39 is 17.8 Å². The summed E-state index contributed by atoms with van der Waals surface area (Å²) in [4.78, 5) is 3.71. The third-order valence-corrected chi connectivity index (χ3v) is 5.11. The monoisotopic (exact) mass is 421 g/mol. The van der Waals surface area contributed by atoms with Crippen LogP contribution in [0, 0.1) is 0 Å². The first-order valence-electron chi connectivity index (χ1n) is 7.83. The molecule has 27 heavy (non-hydrogen) atoms. The predicted molar refractivity (Wildman–Crippen MR) is 93.2 cm³/mol. The molecule has 1 aliphatic rings. The molecular weight excluding hydrogens is 407 g/mol. The summed E-state index contributed by atoms with van der Waals surface area (Å²) in [5.74, 6) is 1.51. The second-order valence-corrected chi connectivity index (χ2v) is 7.09. The summed E-state index contributed by atoms with van der Waals surface area (Å²) in [6, 6.07) is 6.24. The number of fused-ring (bicyclic) bond motifs is 1. The summed E-state index contributed by atoms with van der Waals surface area (Å²) < 4.78 is 53.7. The van der Waals surface area contributed by atoms with Crippen LogP contribution in [-0.2, 0) is 17.5 Å². The molecule has 146 valence electrons. The van der Waals surface area contributed by atoms with E-state index in [0.717, 1.165) is 29.6 Å². The molecule has 0 saturated carbocycles. The van der Waals surface area contributed by atoms with Gasteiger partial charge in [0, 0.05) is 11.9 Å². The van der Waals surface area contributed by atoms with E-state index in [9.17, 15) is 18.3 Å². The molecule has 0 bridgehead atoms. The zero-order valence-corrected chi connectivity index (χ0v) is 15.4. The molecule has 0 aliphatic carbocycles. The zero-order chi connectivity index (χ0) is 19.4. The van der Waals surface area contributed by atoms with E-state index in [4.69, 9.17) is 25.8 Å². The average Bonchev–Trinajstić information content (AvgIpc) is 3.07. The highest BCUT2D eigenvalue weighted by Gasteiger charge is 2.31. The maximum absolute atomic E-state index is 12.6. The van der Waals surface area contributed by atoms with Crippen molar-refractivity contribution in [2.24, 2.45) is 0 Å². The van der Waals surface area contributed by atoms with Crippen molar-refractivity contribution >= 4 is 23.4 Å². The molecule has 1 aromatic carbocycles. The molecule has 1 N–H and O–H groups in total. The van der Waals surface area contributed by atoms with E-state index in [1.165, 1.54) is 0 Å². The Hall–Kier alpha value is -1.68. The highest BCUT2D eigenvalue weighted by Crippen LogP contribution is 2.34. The number of aromatic nitrogens is 1. The molecule has 0 amide bonds. The molecule has 1 atom stereocenters. The van der Waals surface area contributed by atoms with Gasteiger partial charge in [0.05, 0.1) is 29.9 Å². The van der Waals surface area contributed by atoms with Crippen molar-refractivity contribution < 1.29 is 32.5 Å². The van der Waals surface area contributed by atoms with E-state index >= 15 is 0 Å². The van der Waals surface area contributed by atoms with Gasteiger partial charge in [-0.15, -0.1) is 11.8 Å². The fraction of sp³-hybridized carbons (Fsp3) is 0.353. The van der Waals surface area contributed by atoms with Crippen LogP contribution in [0.15, 0.2) is 35.5 Å².